The minimum absolute atomic E-state index is 0.0587. The number of ether oxygens (including phenoxy) is 1. The van der Waals surface area contributed by atoms with Crippen LogP contribution in [0.25, 0.3) is 0 Å². The van der Waals surface area contributed by atoms with Crippen LogP contribution < -0.4 is 10.1 Å². The Morgan fingerprint density at radius 2 is 1.76 bits per heavy atom. The van der Waals surface area contributed by atoms with Crippen molar-refractivity contribution in [3.05, 3.63) is 46.3 Å². The topological polar surface area (TPSA) is 50.7 Å². The van der Waals surface area contributed by atoms with Crippen molar-refractivity contribution in [2.24, 2.45) is 4.99 Å². The van der Waals surface area contributed by atoms with Crippen molar-refractivity contribution < 1.29 is 9.53 Å². The first kappa shape index (κ1) is 21.6. The van der Waals surface area contributed by atoms with E-state index in [9.17, 15) is 4.79 Å². The number of benzene rings is 1. The molecule has 1 aliphatic heterocycles. The maximum Gasteiger partial charge on any atom is 0.246 e. The molecule has 156 valence electrons. The van der Waals surface area contributed by atoms with E-state index < -0.39 is 0 Å². The number of thiophene rings is 1. The predicted octanol–water partition coefficient (Wildman–Crippen LogP) is 6.23. The van der Waals surface area contributed by atoms with Crippen LogP contribution in [-0.2, 0) is 11.2 Å². The molecular weight excluding hydrogens is 380 g/mol. The molecule has 1 N–H and O–H groups in total. The Hall–Kier alpha value is -2.14. The maximum atomic E-state index is 12.2. The van der Waals surface area contributed by atoms with Crippen molar-refractivity contribution in [3.8, 4) is 5.75 Å². The fourth-order valence-corrected chi connectivity index (χ4v) is 4.86. The number of nitrogens with one attached hydrogen (secondary N) is 1. The normalized spacial score (nSPS) is 13.4. The number of amides is 1. The van der Waals surface area contributed by atoms with E-state index in [4.69, 9.17) is 4.74 Å². The molecule has 1 aromatic heterocycles. The first-order valence-electron chi connectivity index (χ1n) is 10.8. The molecule has 4 nitrogen and oxygen atoms in total. The molecule has 0 saturated heterocycles. The molecule has 2 aromatic rings. The molecule has 0 bridgehead atoms. The zero-order chi connectivity index (χ0) is 20.5. The van der Waals surface area contributed by atoms with E-state index >= 15 is 0 Å². The fourth-order valence-electron chi connectivity index (χ4n) is 3.74. The Balaban J connectivity index is 1.66. The van der Waals surface area contributed by atoms with Crippen LogP contribution in [0.5, 0.6) is 5.75 Å². The van der Waals surface area contributed by atoms with Gasteiger partial charge in [-0.25, -0.2) is 0 Å². The molecule has 0 unspecified atom stereocenters. The molecule has 0 aliphatic carbocycles. The minimum atomic E-state index is -0.0587. The Morgan fingerprint density at radius 3 is 2.52 bits per heavy atom. The monoisotopic (exact) mass is 412 g/mol. The summed E-state index contributed by atoms with van der Waals surface area (Å²) in [6.07, 6.45) is 11.6. The third-order valence-electron chi connectivity index (χ3n) is 5.31. The van der Waals surface area contributed by atoms with E-state index in [0.29, 0.717) is 0 Å². The molecular formula is C24H32N2O2S. The van der Waals surface area contributed by atoms with Gasteiger partial charge in [0.2, 0.25) is 5.91 Å². The van der Waals surface area contributed by atoms with Gasteiger partial charge in [0.1, 0.15) is 17.3 Å². The lowest BCUT2D eigenvalue weighted by Crippen LogP contribution is -2.12. The summed E-state index contributed by atoms with van der Waals surface area (Å²) in [6, 6.07) is 10.1. The van der Waals surface area contributed by atoms with Gasteiger partial charge in [0.25, 0.3) is 0 Å². The highest BCUT2D eigenvalue weighted by atomic mass is 32.1. The summed E-state index contributed by atoms with van der Waals surface area (Å²) in [5.74, 6) is 0.721. The highest BCUT2D eigenvalue weighted by Gasteiger charge is 2.23. The van der Waals surface area contributed by atoms with Crippen molar-refractivity contribution in [2.75, 3.05) is 19.0 Å². The number of carbonyl (C=O) groups is 1. The van der Waals surface area contributed by atoms with Gasteiger partial charge in [0.05, 0.1) is 12.8 Å². The summed E-state index contributed by atoms with van der Waals surface area (Å²) >= 11 is 1.69. The van der Waals surface area contributed by atoms with E-state index in [1.807, 2.05) is 24.3 Å². The fraction of sp³-hybridized carbons (Fsp3) is 0.500. The van der Waals surface area contributed by atoms with Gasteiger partial charge in [-0.05, 0) is 31.0 Å². The highest BCUT2D eigenvalue weighted by molar-refractivity contribution is 7.16. The van der Waals surface area contributed by atoms with E-state index in [0.717, 1.165) is 34.0 Å². The smallest absolute Gasteiger partial charge is 0.246 e. The second-order valence-corrected chi connectivity index (χ2v) is 8.73. The zero-order valence-corrected chi connectivity index (χ0v) is 18.4. The van der Waals surface area contributed by atoms with Gasteiger partial charge in [0, 0.05) is 16.0 Å². The van der Waals surface area contributed by atoms with Crippen molar-refractivity contribution in [1.29, 1.82) is 0 Å². The molecule has 5 heteroatoms. The number of unbranched alkanes of at least 4 members (excludes halogenated alkanes) is 7. The van der Waals surface area contributed by atoms with Crippen LogP contribution in [0.2, 0.25) is 0 Å². The lowest BCUT2D eigenvalue weighted by atomic mass is 10.0. The number of para-hydroxylation sites is 1. The third-order valence-corrected chi connectivity index (χ3v) is 6.42. The number of carbonyl (C=O) groups excluding carboxylic acids is 1. The lowest BCUT2D eigenvalue weighted by Gasteiger charge is -2.10. The molecule has 2 heterocycles. The van der Waals surface area contributed by atoms with Crippen LogP contribution >= 0.6 is 11.3 Å². The second-order valence-electron chi connectivity index (χ2n) is 7.59. The summed E-state index contributed by atoms with van der Waals surface area (Å²) < 4.78 is 5.53. The van der Waals surface area contributed by atoms with Gasteiger partial charge in [-0.2, -0.15) is 0 Å². The number of hydrogen-bond acceptors (Lipinski definition) is 4. The molecule has 1 amide bonds. The number of aryl methyl sites for hydroxylation is 1. The van der Waals surface area contributed by atoms with Crippen molar-refractivity contribution >= 4 is 28.0 Å². The standard InChI is InChI=1S/C24H32N2O2S/c1-3-4-5-6-7-8-9-10-13-18-16-20-23(19-14-11-12-15-21(19)28-2)25-17-22(27)26-24(20)29-18/h11-12,14-16H,3-10,13,17H2,1-2H3,(H,26,27). The van der Waals surface area contributed by atoms with Crippen molar-refractivity contribution in [2.45, 2.75) is 64.7 Å². The number of aliphatic imine (C=N–C) groups is 1. The average Bonchev–Trinajstić information content (AvgIpc) is 3.05. The van der Waals surface area contributed by atoms with E-state index in [2.05, 4.69) is 23.3 Å². The maximum absolute atomic E-state index is 12.2. The van der Waals surface area contributed by atoms with Crippen LogP contribution in [-0.4, -0.2) is 25.3 Å². The summed E-state index contributed by atoms with van der Waals surface area (Å²) in [5, 5.41) is 3.94. The van der Waals surface area contributed by atoms with Gasteiger partial charge >= 0.3 is 0 Å². The van der Waals surface area contributed by atoms with Crippen molar-refractivity contribution in [3.63, 3.8) is 0 Å². The Kier molecular flexibility index (Phi) is 8.29. The molecule has 0 radical (unpaired) electrons. The largest absolute Gasteiger partial charge is 0.496 e. The Bertz CT molecular complexity index is 841. The number of nitrogens with zero attached hydrogens (tertiary/aromatic N) is 1. The van der Waals surface area contributed by atoms with Crippen LogP contribution in [0.1, 0.15) is 74.3 Å². The summed E-state index contributed by atoms with van der Waals surface area (Å²) in [4.78, 5) is 18.1. The van der Waals surface area contributed by atoms with Gasteiger partial charge in [-0.1, -0.05) is 64.0 Å². The number of hydrogen-bond donors (Lipinski definition) is 1. The SMILES string of the molecule is CCCCCCCCCCc1cc2c(s1)NC(=O)CN=C2c1ccccc1OC. The van der Waals surface area contributed by atoms with Crippen LogP contribution in [0.15, 0.2) is 35.3 Å². The van der Waals surface area contributed by atoms with Gasteiger partial charge in [-0.15, -0.1) is 11.3 Å². The minimum Gasteiger partial charge on any atom is -0.496 e. The summed E-state index contributed by atoms with van der Waals surface area (Å²) in [7, 11) is 1.67. The average molecular weight is 413 g/mol. The first-order chi connectivity index (χ1) is 14.2. The van der Waals surface area contributed by atoms with Gasteiger partial charge < -0.3 is 10.1 Å². The van der Waals surface area contributed by atoms with Crippen LogP contribution in [0, 0.1) is 0 Å². The molecule has 1 aromatic carbocycles. The lowest BCUT2D eigenvalue weighted by molar-refractivity contribution is -0.114. The molecule has 0 fully saturated rings. The highest BCUT2D eigenvalue weighted by Crippen LogP contribution is 2.34. The van der Waals surface area contributed by atoms with E-state index in [1.54, 1.807) is 18.4 Å². The third kappa shape index (κ3) is 5.92. The van der Waals surface area contributed by atoms with Gasteiger partial charge in [-0.3, -0.25) is 9.79 Å². The quantitative estimate of drug-likeness (QED) is 0.445. The second kappa shape index (κ2) is 11.1. The number of anilines is 1. The molecule has 0 atom stereocenters. The summed E-state index contributed by atoms with van der Waals surface area (Å²) in [5.41, 5.74) is 2.79. The first-order valence-corrected chi connectivity index (χ1v) is 11.6. The molecule has 29 heavy (non-hydrogen) atoms. The predicted molar refractivity (Wildman–Crippen MR) is 123 cm³/mol. The van der Waals surface area contributed by atoms with Crippen LogP contribution in [0.3, 0.4) is 0 Å². The van der Waals surface area contributed by atoms with E-state index in [-0.39, 0.29) is 12.5 Å². The molecule has 0 saturated carbocycles. The van der Waals surface area contributed by atoms with E-state index in [1.165, 1.54) is 56.2 Å². The molecule has 3 rings (SSSR count). The zero-order valence-electron chi connectivity index (χ0n) is 17.6. The summed E-state index contributed by atoms with van der Waals surface area (Å²) in [6.45, 7) is 2.40. The Labute approximate surface area is 178 Å². The molecule has 1 aliphatic rings. The number of fused-ring (bicyclic) bond motifs is 1. The number of methoxy groups -OCH3 is 1. The van der Waals surface area contributed by atoms with Crippen LogP contribution in [0.4, 0.5) is 5.00 Å². The van der Waals surface area contributed by atoms with Gasteiger partial charge in [0.15, 0.2) is 0 Å². The number of rotatable bonds is 11. The Morgan fingerprint density at radius 1 is 1.03 bits per heavy atom. The van der Waals surface area contributed by atoms with Crippen molar-refractivity contribution in [1.82, 2.24) is 0 Å². The molecule has 0 spiro atoms.